The smallest absolute Gasteiger partial charge is 0.163 e. The summed E-state index contributed by atoms with van der Waals surface area (Å²) in [7, 11) is 0. The molecule has 154 valence electrons. The minimum atomic E-state index is -0.997. The second kappa shape index (κ2) is 5.15. The van der Waals surface area contributed by atoms with E-state index in [1.54, 1.807) is 0 Å². The van der Waals surface area contributed by atoms with Crippen LogP contribution in [0.2, 0.25) is 0 Å². The Hall–Kier alpha value is -1.07. The second-order valence-corrected chi connectivity index (χ2v) is 11.4. The van der Waals surface area contributed by atoms with Crippen LogP contribution in [0.5, 0.6) is 0 Å². The lowest BCUT2D eigenvalue weighted by atomic mass is 9.39. The van der Waals surface area contributed by atoms with Crippen LogP contribution in [0.1, 0.15) is 67.2 Å². The van der Waals surface area contributed by atoms with Crippen molar-refractivity contribution in [2.24, 2.45) is 39.9 Å². The van der Waals surface area contributed by atoms with Crippen molar-refractivity contribution in [3.63, 3.8) is 0 Å². The van der Waals surface area contributed by atoms with Gasteiger partial charge in [-0.15, -0.1) is 0 Å². The summed E-state index contributed by atoms with van der Waals surface area (Å²) in [5, 5.41) is 0. The largest absolute Gasteiger partial charge is 0.346 e. The normalized spacial score (nSPS) is 53.6. The van der Waals surface area contributed by atoms with E-state index in [1.807, 2.05) is 27.7 Å². The monoisotopic (exact) mass is 388 g/mol. The van der Waals surface area contributed by atoms with Crippen molar-refractivity contribution < 1.29 is 23.9 Å². The van der Waals surface area contributed by atoms with Gasteiger partial charge in [-0.2, -0.15) is 0 Å². The molecule has 1 saturated heterocycles. The highest BCUT2D eigenvalue weighted by molar-refractivity contribution is 6.04. The number of Topliss-reactive ketones (excluding diaryl/α,β-unsaturated/α-hetero) is 3. The third kappa shape index (κ3) is 1.89. The van der Waals surface area contributed by atoms with E-state index < -0.39 is 22.5 Å². The Morgan fingerprint density at radius 3 is 2.36 bits per heavy atom. The van der Waals surface area contributed by atoms with Crippen molar-refractivity contribution in [3.8, 4) is 0 Å². The van der Waals surface area contributed by atoms with Gasteiger partial charge in [-0.3, -0.25) is 14.4 Å². The molecule has 5 fully saturated rings. The molecule has 0 aromatic heterocycles. The van der Waals surface area contributed by atoms with Crippen LogP contribution in [0.3, 0.4) is 0 Å². The van der Waals surface area contributed by atoms with Crippen LogP contribution in [0, 0.1) is 39.9 Å². The lowest BCUT2D eigenvalue weighted by molar-refractivity contribution is -0.370. The van der Waals surface area contributed by atoms with Gasteiger partial charge in [0.25, 0.3) is 0 Å². The molecule has 0 radical (unpaired) electrons. The highest BCUT2D eigenvalue weighted by Crippen LogP contribution is 2.72. The van der Waals surface area contributed by atoms with Crippen LogP contribution < -0.4 is 0 Å². The summed E-state index contributed by atoms with van der Waals surface area (Å²) in [4.78, 5) is 40.7. The van der Waals surface area contributed by atoms with Gasteiger partial charge in [0.1, 0.15) is 17.3 Å². The number of ketones is 3. The molecule has 0 aromatic carbocycles. The van der Waals surface area contributed by atoms with E-state index in [4.69, 9.17) is 9.47 Å². The third-order valence-electron chi connectivity index (χ3n) is 9.26. The molecule has 4 aliphatic carbocycles. The van der Waals surface area contributed by atoms with E-state index in [9.17, 15) is 14.4 Å². The molecule has 2 bridgehead atoms. The molecule has 1 spiro atoms. The maximum atomic E-state index is 13.8. The standard InChI is InChI=1S/C23H32O5/c1-11-12-9-13(24)17-22(6)14(20(2,3)8-7-15(22)25)10-16-23(17,18(11)26)19(12)28-21(4,5)27-16/h11-12,14,16-17,19H,7-10H2,1-6H3/t11-,12-,14+,16-,17+,19-,22+,23+/m1/s1. The van der Waals surface area contributed by atoms with Crippen molar-refractivity contribution >= 4 is 17.3 Å². The van der Waals surface area contributed by atoms with E-state index in [0.717, 1.165) is 6.42 Å². The molecule has 5 rings (SSSR count). The predicted molar refractivity (Wildman–Crippen MR) is 101 cm³/mol. The van der Waals surface area contributed by atoms with Crippen LogP contribution in [0.4, 0.5) is 0 Å². The summed E-state index contributed by atoms with van der Waals surface area (Å²) in [6, 6.07) is 0. The Kier molecular flexibility index (Phi) is 3.48. The average Bonchev–Trinajstić information content (AvgIpc) is 2.72. The summed E-state index contributed by atoms with van der Waals surface area (Å²) in [5.41, 5.74) is -1.88. The number of hydrogen-bond donors (Lipinski definition) is 0. The van der Waals surface area contributed by atoms with Crippen LogP contribution in [-0.4, -0.2) is 35.3 Å². The van der Waals surface area contributed by atoms with E-state index >= 15 is 0 Å². The molecular formula is C23H32O5. The number of hydrogen-bond acceptors (Lipinski definition) is 5. The zero-order chi connectivity index (χ0) is 20.4. The van der Waals surface area contributed by atoms with Gasteiger partial charge in [-0.1, -0.05) is 27.7 Å². The van der Waals surface area contributed by atoms with Gasteiger partial charge in [0.05, 0.1) is 17.6 Å². The molecule has 1 aliphatic heterocycles. The summed E-state index contributed by atoms with van der Waals surface area (Å²) >= 11 is 0. The highest BCUT2D eigenvalue weighted by Gasteiger charge is 2.81. The van der Waals surface area contributed by atoms with Crippen molar-refractivity contribution in [2.45, 2.75) is 85.2 Å². The Balaban J connectivity index is 1.78. The van der Waals surface area contributed by atoms with Crippen molar-refractivity contribution in [3.05, 3.63) is 0 Å². The summed E-state index contributed by atoms with van der Waals surface area (Å²) in [6.45, 7) is 12.1. The van der Waals surface area contributed by atoms with Crippen LogP contribution in [0.15, 0.2) is 0 Å². The molecule has 0 aromatic rings. The van der Waals surface area contributed by atoms with Gasteiger partial charge >= 0.3 is 0 Å². The number of carbonyl (C=O) groups is 3. The number of rotatable bonds is 0. The predicted octanol–water partition coefficient (Wildman–Crippen LogP) is 3.33. The van der Waals surface area contributed by atoms with Crippen molar-refractivity contribution in [1.82, 2.24) is 0 Å². The van der Waals surface area contributed by atoms with Gasteiger partial charge in [0, 0.05) is 36.0 Å². The second-order valence-electron chi connectivity index (χ2n) is 11.4. The lowest BCUT2D eigenvalue weighted by Crippen LogP contribution is -2.75. The van der Waals surface area contributed by atoms with Gasteiger partial charge in [0.2, 0.25) is 0 Å². The molecule has 8 atom stereocenters. The van der Waals surface area contributed by atoms with Gasteiger partial charge in [-0.25, -0.2) is 0 Å². The maximum Gasteiger partial charge on any atom is 0.163 e. The van der Waals surface area contributed by atoms with E-state index in [1.165, 1.54) is 0 Å². The fourth-order valence-corrected chi connectivity index (χ4v) is 8.14. The molecule has 0 amide bonds. The SMILES string of the molecule is C[C@H]1C(=O)[C@]23[C@@H]4OC(C)(C)O[C@@H]2C[C@H]2C(C)(C)CCC(=O)[C@@]2(C)[C@@H]3C(=O)C[C@@H]41. The molecule has 0 N–H and O–H groups in total. The molecule has 5 heteroatoms. The fourth-order valence-electron chi connectivity index (χ4n) is 8.14. The molecule has 4 saturated carbocycles. The molecule has 1 heterocycles. The van der Waals surface area contributed by atoms with Gasteiger partial charge in [-0.05, 0) is 38.0 Å². The minimum Gasteiger partial charge on any atom is -0.346 e. The Morgan fingerprint density at radius 1 is 1.00 bits per heavy atom. The fraction of sp³-hybridized carbons (Fsp3) is 0.870. The van der Waals surface area contributed by atoms with Crippen LogP contribution >= 0.6 is 0 Å². The van der Waals surface area contributed by atoms with Crippen LogP contribution in [0.25, 0.3) is 0 Å². The zero-order valence-electron chi connectivity index (χ0n) is 17.8. The molecule has 5 aliphatic rings. The topological polar surface area (TPSA) is 69.7 Å². The van der Waals surface area contributed by atoms with Crippen molar-refractivity contribution in [1.29, 1.82) is 0 Å². The molecule has 0 unspecified atom stereocenters. The van der Waals surface area contributed by atoms with Crippen molar-refractivity contribution in [2.75, 3.05) is 0 Å². The molecular weight excluding hydrogens is 356 g/mol. The first-order valence-corrected chi connectivity index (χ1v) is 10.8. The number of ether oxygens (including phenoxy) is 2. The summed E-state index contributed by atoms with van der Waals surface area (Å²) in [6.07, 6.45) is 1.59. The summed E-state index contributed by atoms with van der Waals surface area (Å²) < 4.78 is 12.8. The molecule has 5 nitrogen and oxygen atoms in total. The quantitative estimate of drug-likeness (QED) is 0.637. The number of fused-ring (bicyclic) bond motifs is 2. The third-order valence-corrected chi connectivity index (χ3v) is 9.26. The van der Waals surface area contributed by atoms with Crippen LogP contribution in [-0.2, 0) is 23.9 Å². The van der Waals surface area contributed by atoms with E-state index in [2.05, 4.69) is 13.8 Å². The Morgan fingerprint density at radius 2 is 1.68 bits per heavy atom. The minimum absolute atomic E-state index is 0.0284. The maximum absolute atomic E-state index is 13.8. The van der Waals surface area contributed by atoms with E-state index in [0.29, 0.717) is 19.3 Å². The first kappa shape index (κ1) is 18.9. The number of carbonyl (C=O) groups excluding carboxylic acids is 3. The average molecular weight is 389 g/mol. The lowest BCUT2D eigenvalue weighted by Gasteiger charge is -2.67. The van der Waals surface area contributed by atoms with E-state index in [-0.39, 0.29) is 52.7 Å². The molecule has 28 heavy (non-hydrogen) atoms. The summed E-state index contributed by atoms with van der Waals surface area (Å²) in [5.74, 6) is -1.39. The first-order chi connectivity index (χ1) is 12.9. The van der Waals surface area contributed by atoms with Gasteiger partial charge < -0.3 is 9.47 Å². The highest BCUT2D eigenvalue weighted by atomic mass is 16.7. The van der Waals surface area contributed by atoms with Gasteiger partial charge in [0.15, 0.2) is 5.79 Å². The Labute approximate surface area is 166 Å². The first-order valence-electron chi connectivity index (χ1n) is 10.8. The zero-order valence-corrected chi connectivity index (χ0v) is 17.8. The Bertz CT molecular complexity index is 797.